The molecule has 0 aromatic carbocycles. The summed E-state index contributed by atoms with van der Waals surface area (Å²) < 4.78 is 2.89. The number of thiazole rings is 1. The lowest BCUT2D eigenvalue weighted by Crippen LogP contribution is -2.71. The topological polar surface area (TPSA) is 191 Å². The van der Waals surface area contributed by atoms with Gasteiger partial charge in [-0.25, -0.2) is 9.78 Å². The van der Waals surface area contributed by atoms with Crippen molar-refractivity contribution in [3.05, 3.63) is 52.3 Å². The average Bonchev–Trinajstić information content (AvgIpc) is 3.55. The Morgan fingerprint density at radius 1 is 1.35 bits per heavy atom. The van der Waals surface area contributed by atoms with Gasteiger partial charge in [-0.3, -0.25) is 14.5 Å². The molecule has 0 radical (unpaired) electrons. The van der Waals surface area contributed by atoms with Crippen LogP contribution < -0.4 is 20.7 Å². The van der Waals surface area contributed by atoms with Crippen LogP contribution in [0.5, 0.6) is 0 Å². The number of thioether (sulfide) groups is 1. The van der Waals surface area contributed by atoms with Crippen LogP contribution in [-0.2, 0) is 30.6 Å². The molecule has 2 aliphatic heterocycles. The highest BCUT2D eigenvalue weighted by atomic mass is 32.2. The van der Waals surface area contributed by atoms with Crippen molar-refractivity contribution in [1.29, 1.82) is 0 Å². The number of carbonyl (C=O) groups is 4. The second-order valence-corrected chi connectivity index (χ2v) is 12.3. The summed E-state index contributed by atoms with van der Waals surface area (Å²) in [7, 11) is 0. The van der Waals surface area contributed by atoms with Gasteiger partial charge in [0, 0.05) is 28.2 Å². The van der Waals surface area contributed by atoms with E-state index in [1.807, 2.05) is 34.5 Å². The second-order valence-electron chi connectivity index (χ2n) is 9.38. The molecule has 0 bridgehead atoms. The van der Waals surface area contributed by atoms with Crippen molar-refractivity contribution in [2.45, 2.75) is 37.4 Å². The van der Waals surface area contributed by atoms with Gasteiger partial charge in [-0.1, -0.05) is 5.16 Å². The van der Waals surface area contributed by atoms with Crippen molar-refractivity contribution in [3.63, 3.8) is 0 Å². The number of aliphatic carboxylic acids is 2. The standard InChI is InChI=1S/C24H22N6O7S3/c1-24(2,22(35)36)37-28-15(13-10-40-23(25)26-13)18(31)27-16-19(32)30-17(21(33)34)12(9-39-20(16)30)7-29-5-3-11-4-6-38-14(11)8-29/h3-6,8,10,16,20H,7,9H2,1-2H3,(H4-,25,26,27,31,33,34,35,36)/b28-15-/t16?,20-/m1/s1. The third-order valence-corrected chi connectivity index (χ3v) is 9.10. The monoisotopic (exact) mass is 602 g/mol. The van der Waals surface area contributed by atoms with E-state index in [1.165, 1.54) is 31.0 Å². The summed E-state index contributed by atoms with van der Waals surface area (Å²) in [6.07, 6.45) is 3.75. The molecule has 3 aromatic rings. The normalized spacial score (nSPS) is 19.3. The number of nitrogens with one attached hydrogen (secondary N) is 1. The third kappa shape index (κ3) is 5.12. The first-order valence-corrected chi connectivity index (χ1v) is 14.5. The van der Waals surface area contributed by atoms with Crippen LogP contribution in [-0.4, -0.2) is 67.2 Å². The molecule has 2 amide bonds. The molecule has 4 N–H and O–H groups in total. The number of carboxylic acid groups (broad SMARTS) is 2. The minimum absolute atomic E-state index is 0.0263. The van der Waals surface area contributed by atoms with Gasteiger partial charge < -0.3 is 30.9 Å². The lowest BCUT2D eigenvalue weighted by Gasteiger charge is -2.50. The number of oxime groups is 1. The maximum Gasteiger partial charge on any atom is 0.350 e. The van der Waals surface area contributed by atoms with Crippen LogP contribution in [0.2, 0.25) is 0 Å². The SMILES string of the molecule is CC(C)(O/N=C(\C(=O)NC1C(=O)N2C(C(=O)[O-])=C(C[n+]3ccc4ccsc4c3)CS[C@H]12)c1csc(N)n1)C(=O)O. The van der Waals surface area contributed by atoms with E-state index in [0.717, 1.165) is 26.3 Å². The van der Waals surface area contributed by atoms with Gasteiger partial charge in [0.15, 0.2) is 29.8 Å². The fraction of sp³-hybridized carbons (Fsp3) is 0.292. The predicted octanol–water partition coefficient (Wildman–Crippen LogP) is -0.0845. The molecule has 2 aliphatic rings. The Balaban J connectivity index is 1.36. The van der Waals surface area contributed by atoms with Gasteiger partial charge in [0.1, 0.15) is 17.1 Å². The predicted molar refractivity (Wildman–Crippen MR) is 145 cm³/mol. The number of nitrogens with two attached hydrogens (primary N) is 1. The highest BCUT2D eigenvalue weighted by Crippen LogP contribution is 2.40. The zero-order chi connectivity index (χ0) is 28.8. The lowest BCUT2D eigenvalue weighted by atomic mass is 10.0. The third-order valence-electron chi connectivity index (χ3n) is 6.22. The summed E-state index contributed by atoms with van der Waals surface area (Å²) in [6, 6.07) is 2.85. The van der Waals surface area contributed by atoms with Gasteiger partial charge >= 0.3 is 5.97 Å². The van der Waals surface area contributed by atoms with E-state index in [-0.39, 0.29) is 28.8 Å². The number of thiophene rings is 1. The van der Waals surface area contributed by atoms with E-state index in [2.05, 4.69) is 15.5 Å². The van der Waals surface area contributed by atoms with Crippen molar-refractivity contribution in [2.75, 3.05) is 11.5 Å². The fourth-order valence-corrected chi connectivity index (χ4v) is 6.78. The van der Waals surface area contributed by atoms with E-state index in [9.17, 15) is 29.4 Å². The largest absolute Gasteiger partial charge is 0.543 e. The number of fused-ring (bicyclic) bond motifs is 2. The molecule has 1 unspecified atom stereocenters. The van der Waals surface area contributed by atoms with Crippen molar-refractivity contribution >= 4 is 79.1 Å². The molecular formula is C24H22N6O7S3. The Morgan fingerprint density at radius 3 is 2.80 bits per heavy atom. The number of aromatic nitrogens is 2. The number of anilines is 1. The van der Waals surface area contributed by atoms with Gasteiger partial charge in [-0.2, -0.15) is 4.57 Å². The van der Waals surface area contributed by atoms with Crippen molar-refractivity contribution in [2.24, 2.45) is 5.16 Å². The number of hydrogen-bond donors (Lipinski definition) is 3. The lowest BCUT2D eigenvalue weighted by molar-refractivity contribution is -0.687. The summed E-state index contributed by atoms with van der Waals surface area (Å²) in [5, 5.41) is 31.6. The highest BCUT2D eigenvalue weighted by Gasteiger charge is 2.53. The van der Waals surface area contributed by atoms with Crippen LogP contribution in [0.3, 0.4) is 0 Å². The zero-order valence-corrected chi connectivity index (χ0v) is 23.5. The molecule has 16 heteroatoms. The Morgan fingerprint density at radius 2 is 2.12 bits per heavy atom. The molecule has 5 heterocycles. The van der Waals surface area contributed by atoms with Crippen LogP contribution >= 0.6 is 34.4 Å². The van der Waals surface area contributed by atoms with E-state index in [1.54, 1.807) is 11.3 Å². The molecule has 40 heavy (non-hydrogen) atoms. The first-order chi connectivity index (χ1) is 19.0. The van der Waals surface area contributed by atoms with Crippen LogP contribution in [0.4, 0.5) is 5.13 Å². The number of nitrogen functional groups attached to an aromatic ring is 1. The molecule has 0 saturated carbocycles. The summed E-state index contributed by atoms with van der Waals surface area (Å²) in [5.74, 6) is -4.01. The molecule has 0 spiro atoms. The first-order valence-electron chi connectivity index (χ1n) is 11.7. The number of carboxylic acids is 2. The average molecular weight is 603 g/mol. The minimum atomic E-state index is -1.76. The molecule has 1 fully saturated rings. The summed E-state index contributed by atoms with van der Waals surface area (Å²) in [6.45, 7) is 2.74. The van der Waals surface area contributed by atoms with Gasteiger partial charge in [-0.05, 0) is 25.3 Å². The molecule has 1 saturated heterocycles. The van der Waals surface area contributed by atoms with E-state index < -0.39 is 40.8 Å². The molecule has 208 valence electrons. The Hall–Kier alpha value is -4.02. The molecule has 3 aromatic heterocycles. The number of hydrogen-bond acceptors (Lipinski definition) is 12. The Labute approximate surface area is 238 Å². The Kier molecular flexibility index (Phi) is 7.24. The van der Waals surface area contributed by atoms with E-state index in [4.69, 9.17) is 10.6 Å². The first kappa shape index (κ1) is 27.5. The number of amides is 2. The van der Waals surface area contributed by atoms with Gasteiger partial charge in [0.25, 0.3) is 11.8 Å². The van der Waals surface area contributed by atoms with Crippen molar-refractivity contribution < 1.29 is 38.8 Å². The maximum atomic E-state index is 13.2. The van der Waals surface area contributed by atoms with Gasteiger partial charge in [-0.15, -0.1) is 34.4 Å². The number of rotatable bonds is 9. The number of nitrogens with zero attached hydrogens (tertiary/aromatic N) is 4. The van der Waals surface area contributed by atoms with Gasteiger partial charge in [0.2, 0.25) is 5.60 Å². The van der Waals surface area contributed by atoms with Crippen molar-refractivity contribution in [3.8, 4) is 0 Å². The smallest absolute Gasteiger partial charge is 0.350 e. The summed E-state index contributed by atoms with van der Waals surface area (Å²) in [4.78, 5) is 60.1. The highest BCUT2D eigenvalue weighted by molar-refractivity contribution is 8.00. The molecule has 0 aliphatic carbocycles. The minimum Gasteiger partial charge on any atom is -0.543 e. The van der Waals surface area contributed by atoms with E-state index in [0.29, 0.717) is 11.3 Å². The van der Waals surface area contributed by atoms with Gasteiger partial charge in [0.05, 0.1) is 16.4 Å². The van der Waals surface area contributed by atoms with Crippen LogP contribution in [0.15, 0.2) is 51.7 Å². The number of β-lactam (4-membered cyclic amide) rings is 1. The maximum absolute atomic E-state index is 13.2. The zero-order valence-electron chi connectivity index (χ0n) is 21.0. The second kappa shape index (κ2) is 10.5. The number of pyridine rings is 1. The van der Waals surface area contributed by atoms with Crippen LogP contribution in [0.25, 0.3) is 10.1 Å². The molecule has 2 atom stereocenters. The van der Waals surface area contributed by atoms with Crippen LogP contribution in [0.1, 0.15) is 19.5 Å². The van der Waals surface area contributed by atoms with Crippen LogP contribution in [0, 0.1) is 0 Å². The van der Waals surface area contributed by atoms with E-state index >= 15 is 0 Å². The summed E-state index contributed by atoms with van der Waals surface area (Å²) >= 11 is 3.89. The fourth-order valence-electron chi connectivity index (χ4n) is 4.06. The number of carbonyl (C=O) groups excluding carboxylic acids is 3. The summed E-state index contributed by atoms with van der Waals surface area (Å²) in [5.41, 5.74) is 3.85. The Bertz CT molecular complexity index is 1610. The molecule has 13 nitrogen and oxygen atoms in total. The molecule has 5 rings (SSSR count). The molecular weight excluding hydrogens is 581 g/mol. The quantitative estimate of drug-likeness (QED) is 0.129. The van der Waals surface area contributed by atoms with Crippen molar-refractivity contribution in [1.82, 2.24) is 15.2 Å².